The van der Waals surface area contributed by atoms with Crippen molar-refractivity contribution in [1.29, 1.82) is 5.26 Å². The summed E-state index contributed by atoms with van der Waals surface area (Å²) in [5.74, 6) is 2.42. The van der Waals surface area contributed by atoms with E-state index >= 15 is 0 Å². The van der Waals surface area contributed by atoms with Crippen LogP contribution in [0.25, 0.3) is 17.2 Å². The quantitative estimate of drug-likeness (QED) is 0.606. The lowest BCUT2D eigenvalue weighted by atomic mass is 9.48. The largest absolute Gasteiger partial charge is 0.478 e. The average Bonchev–Trinajstić information content (AvgIpc) is 2.75. The first-order valence-electron chi connectivity index (χ1n) is 11.2. The predicted molar refractivity (Wildman–Crippen MR) is 120 cm³/mol. The summed E-state index contributed by atoms with van der Waals surface area (Å²) in [6, 6.07) is 16.5. The summed E-state index contributed by atoms with van der Waals surface area (Å²) in [7, 11) is 0. The molecule has 1 N–H and O–H groups in total. The van der Waals surface area contributed by atoms with Crippen molar-refractivity contribution in [3.8, 4) is 22.9 Å². The van der Waals surface area contributed by atoms with Gasteiger partial charge in [-0.3, -0.25) is 0 Å². The predicted octanol–water partition coefficient (Wildman–Crippen LogP) is 5.82. The van der Waals surface area contributed by atoms with Crippen LogP contribution in [0.4, 0.5) is 0 Å². The number of carboxylic acid groups (broad SMARTS) is 1. The van der Waals surface area contributed by atoms with Gasteiger partial charge in [0, 0.05) is 11.6 Å². The smallest absolute Gasteiger partial charge is 0.328 e. The molecule has 4 aliphatic carbocycles. The molecule has 0 radical (unpaired) electrons. The van der Waals surface area contributed by atoms with Crippen LogP contribution >= 0.6 is 0 Å². The number of hydrogen-bond acceptors (Lipinski definition) is 3. The van der Waals surface area contributed by atoms with Gasteiger partial charge < -0.3 is 9.84 Å². The first kappa shape index (κ1) is 19.9. The second-order valence-corrected chi connectivity index (χ2v) is 9.65. The van der Waals surface area contributed by atoms with Gasteiger partial charge in [0.1, 0.15) is 11.8 Å². The van der Waals surface area contributed by atoms with Gasteiger partial charge in [-0.05, 0) is 96.6 Å². The van der Waals surface area contributed by atoms with E-state index in [0.717, 1.165) is 46.3 Å². The first-order chi connectivity index (χ1) is 15.0. The Kier molecular flexibility index (Phi) is 5.06. The molecule has 0 heterocycles. The van der Waals surface area contributed by atoms with E-state index in [0.29, 0.717) is 0 Å². The van der Waals surface area contributed by atoms with Crippen LogP contribution in [0.15, 0.2) is 48.5 Å². The molecule has 31 heavy (non-hydrogen) atoms. The number of carboxylic acids is 1. The van der Waals surface area contributed by atoms with Crippen molar-refractivity contribution >= 4 is 12.0 Å². The maximum absolute atomic E-state index is 10.7. The van der Waals surface area contributed by atoms with E-state index in [1.54, 1.807) is 6.08 Å². The normalized spacial score (nSPS) is 28.5. The summed E-state index contributed by atoms with van der Waals surface area (Å²) >= 11 is 0. The van der Waals surface area contributed by atoms with Crippen molar-refractivity contribution in [3.63, 3.8) is 0 Å². The number of nitrogens with zero attached hydrogens (tertiary/aromatic N) is 1. The minimum absolute atomic E-state index is 0.0727. The minimum Gasteiger partial charge on any atom is -0.478 e. The van der Waals surface area contributed by atoms with E-state index in [9.17, 15) is 4.79 Å². The molecule has 0 saturated heterocycles. The zero-order valence-corrected chi connectivity index (χ0v) is 17.6. The molecule has 0 unspecified atom stereocenters. The second-order valence-electron chi connectivity index (χ2n) is 9.65. The summed E-state index contributed by atoms with van der Waals surface area (Å²) in [5, 5.41) is 17.9. The Morgan fingerprint density at radius 2 is 1.65 bits per heavy atom. The molecular formula is C27H27NO3. The Bertz CT molecular complexity index is 1030. The van der Waals surface area contributed by atoms with E-state index in [4.69, 9.17) is 15.1 Å². The summed E-state index contributed by atoms with van der Waals surface area (Å²) < 4.78 is 5.91. The van der Waals surface area contributed by atoms with E-state index in [2.05, 4.69) is 18.2 Å². The average molecular weight is 414 g/mol. The highest BCUT2D eigenvalue weighted by Crippen LogP contribution is 2.62. The fraction of sp³-hybridized carbons (Fsp3) is 0.407. The van der Waals surface area contributed by atoms with Gasteiger partial charge in [-0.15, -0.1) is 0 Å². The topological polar surface area (TPSA) is 70.3 Å². The molecule has 0 aromatic heterocycles. The molecule has 2 aromatic carbocycles. The Morgan fingerprint density at radius 1 is 1.03 bits per heavy atom. The molecule has 0 spiro atoms. The molecule has 4 heteroatoms. The molecule has 6 rings (SSSR count). The number of rotatable bonds is 6. The fourth-order valence-corrected chi connectivity index (χ4v) is 6.75. The van der Waals surface area contributed by atoms with Gasteiger partial charge in [0.05, 0.1) is 0 Å². The van der Waals surface area contributed by atoms with E-state index in [-0.39, 0.29) is 12.0 Å². The van der Waals surface area contributed by atoms with Gasteiger partial charge in [0.15, 0.2) is 6.61 Å². The number of ether oxygens (including phenoxy) is 1. The standard InChI is InChI=1S/C27H27NO3/c28-9-10-31-25-7-6-23(22-4-1-18(2-5-22)3-8-26(29)30)14-24(25)27-15-19-11-20(16-27)13-21(12-19)17-27/h1-8,14,19-21H,10-13,15-17H2,(H,29,30)/b8-3+. The number of hydrogen-bond donors (Lipinski definition) is 1. The van der Waals surface area contributed by atoms with E-state index in [1.807, 2.05) is 30.3 Å². The lowest BCUT2D eigenvalue weighted by Gasteiger charge is -2.57. The number of carbonyl (C=O) groups is 1. The van der Waals surface area contributed by atoms with Crippen LogP contribution in [0.5, 0.6) is 5.75 Å². The van der Waals surface area contributed by atoms with Crippen LogP contribution in [0, 0.1) is 29.1 Å². The maximum Gasteiger partial charge on any atom is 0.328 e. The van der Waals surface area contributed by atoms with Crippen LogP contribution in [-0.2, 0) is 10.2 Å². The van der Waals surface area contributed by atoms with Crippen molar-refractivity contribution in [3.05, 3.63) is 59.7 Å². The Balaban J connectivity index is 1.51. The lowest BCUT2D eigenvalue weighted by Crippen LogP contribution is -2.48. The van der Waals surface area contributed by atoms with Gasteiger partial charge in [0.2, 0.25) is 0 Å². The van der Waals surface area contributed by atoms with E-state index < -0.39 is 5.97 Å². The van der Waals surface area contributed by atoms with E-state index in [1.165, 1.54) is 44.1 Å². The zero-order valence-electron chi connectivity index (χ0n) is 17.6. The highest BCUT2D eigenvalue weighted by Gasteiger charge is 2.52. The molecule has 158 valence electrons. The molecule has 4 nitrogen and oxygen atoms in total. The highest BCUT2D eigenvalue weighted by molar-refractivity contribution is 5.85. The Hall–Kier alpha value is -3.06. The molecule has 0 atom stereocenters. The minimum atomic E-state index is -0.947. The fourth-order valence-electron chi connectivity index (χ4n) is 6.75. The van der Waals surface area contributed by atoms with Crippen LogP contribution in [0.3, 0.4) is 0 Å². The molecule has 4 bridgehead atoms. The second kappa shape index (κ2) is 7.89. The molecule has 4 saturated carbocycles. The third kappa shape index (κ3) is 3.85. The van der Waals surface area contributed by atoms with Crippen LogP contribution in [0.1, 0.15) is 49.7 Å². The van der Waals surface area contributed by atoms with Crippen LogP contribution in [-0.4, -0.2) is 17.7 Å². The van der Waals surface area contributed by atoms with Crippen molar-refractivity contribution in [1.82, 2.24) is 0 Å². The zero-order chi connectivity index (χ0) is 21.4. The summed E-state index contributed by atoms with van der Waals surface area (Å²) in [6.45, 7) is 0.0727. The molecule has 0 amide bonds. The van der Waals surface area contributed by atoms with Gasteiger partial charge in [0.25, 0.3) is 0 Å². The molecule has 0 aliphatic heterocycles. The maximum atomic E-state index is 10.7. The number of nitriles is 1. The van der Waals surface area contributed by atoms with Gasteiger partial charge in [-0.25, -0.2) is 4.79 Å². The summed E-state index contributed by atoms with van der Waals surface area (Å²) in [5.41, 5.74) is 4.57. The van der Waals surface area contributed by atoms with Crippen molar-refractivity contribution in [2.75, 3.05) is 6.61 Å². The number of aliphatic carboxylic acids is 1. The van der Waals surface area contributed by atoms with Crippen LogP contribution in [0.2, 0.25) is 0 Å². The van der Waals surface area contributed by atoms with Gasteiger partial charge in [-0.2, -0.15) is 5.26 Å². The van der Waals surface area contributed by atoms with Crippen molar-refractivity contribution < 1.29 is 14.6 Å². The first-order valence-corrected chi connectivity index (χ1v) is 11.2. The van der Waals surface area contributed by atoms with Crippen LogP contribution < -0.4 is 4.74 Å². The van der Waals surface area contributed by atoms with Gasteiger partial charge in [-0.1, -0.05) is 30.3 Å². The molecule has 4 fully saturated rings. The highest BCUT2D eigenvalue weighted by atomic mass is 16.5. The number of benzene rings is 2. The summed E-state index contributed by atoms with van der Waals surface area (Å²) in [4.78, 5) is 10.7. The molecule has 2 aromatic rings. The third-order valence-electron chi connectivity index (χ3n) is 7.54. The monoisotopic (exact) mass is 413 g/mol. The molecule has 4 aliphatic rings. The van der Waals surface area contributed by atoms with Crippen molar-refractivity contribution in [2.24, 2.45) is 17.8 Å². The van der Waals surface area contributed by atoms with Crippen molar-refractivity contribution in [2.45, 2.75) is 43.9 Å². The summed E-state index contributed by atoms with van der Waals surface area (Å²) in [6.07, 6.45) is 10.6. The molecular weight excluding hydrogens is 386 g/mol. The third-order valence-corrected chi connectivity index (χ3v) is 7.54. The SMILES string of the molecule is N#CCOc1ccc(-c2ccc(/C=C/C(=O)O)cc2)cc1C12CC3CC(CC(C3)C1)C2. The lowest BCUT2D eigenvalue weighted by molar-refractivity contribution is -0.131. The Labute approximate surface area is 183 Å². The van der Waals surface area contributed by atoms with Gasteiger partial charge >= 0.3 is 5.97 Å². The Morgan fingerprint density at radius 3 is 2.23 bits per heavy atom.